The average molecular weight is 468 g/mol. The molecule has 1 aromatic heterocycles. The van der Waals surface area contributed by atoms with Crippen LogP contribution in [0.15, 0.2) is 47.0 Å². The molecule has 34 heavy (non-hydrogen) atoms. The van der Waals surface area contributed by atoms with Crippen molar-refractivity contribution < 1.29 is 32.6 Å². The highest BCUT2D eigenvalue weighted by molar-refractivity contribution is 6.02. The first-order valence-electron chi connectivity index (χ1n) is 10.9. The van der Waals surface area contributed by atoms with Crippen molar-refractivity contribution in [2.45, 2.75) is 32.3 Å². The molecule has 1 aliphatic carbocycles. The number of hydrogen-bond acceptors (Lipinski definition) is 7. The molecular formula is C25H25FN2O6. The SMILES string of the molecule is COc1cc(NC(=O)C2CCCC2)c(C(=O)OCc2ncc(-c3ccc(F)cc3)o2)cc1OC. The molecule has 1 N–H and O–H groups in total. The molecule has 8 nitrogen and oxygen atoms in total. The van der Waals surface area contributed by atoms with E-state index < -0.39 is 5.97 Å². The molecule has 4 rings (SSSR count). The molecule has 0 saturated heterocycles. The van der Waals surface area contributed by atoms with Gasteiger partial charge in [0.25, 0.3) is 0 Å². The molecule has 9 heteroatoms. The number of hydrogen-bond donors (Lipinski definition) is 1. The van der Waals surface area contributed by atoms with Crippen molar-refractivity contribution in [3.8, 4) is 22.8 Å². The van der Waals surface area contributed by atoms with Crippen LogP contribution < -0.4 is 14.8 Å². The van der Waals surface area contributed by atoms with Crippen LogP contribution in [0.5, 0.6) is 11.5 Å². The Morgan fingerprint density at radius 3 is 2.44 bits per heavy atom. The lowest BCUT2D eigenvalue weighted by molar-refractivity contribution is -0.119. The minimum Gasteiger partial charge on any atom is -0.493 e. The maximum absolute atomic E-state index is 13.1. The lowest BCUT2D eigenvalue weighted by Crippen LogP contribution is -2.22. The molecule has 0 atom stereocenters. The monoisotopic (exact) mass is 468 g/mol. The van der Waals surface area contributed by atoms with Crippen molar-refractivity contribution in [2.75, 3.05) is 19.5 Å². The number of carbonyl (C=O) groups is 2. The van der Waals surface area contributed by atoms with Gasteiger partial charge in [-0.2, -0.15) is 0 Å². The molecule has 0 aliphatic heterocycles. The summed E-state index contributed by atoms with van der Waals surface area (Å²) in [7, 11) is 2.92. The predicted molar refractivity (Wildman–Crippen MR) is 121 cm³/mol. The summed E-state index contributed by atoms with van der Waals surface area (Å²) < 4.78 is 34.8. The maximum Gasteiger partial charge on any atom is 0.340 e. The number of methoxy groups -OCH3 is 2. The van der Waals surface area contributed by atoms with Crippen LogP contribution >= 0.6 is 0 Å². The number of rotatable bonds is 8. The Labute approximate surface area is 196 Å². The zero-order valence-corrected chi connectivity index (χ0v) is 18.9. The van der Waals surface area contributed by atoms with E-state index in [4.69, 9.17) is 18.6 Å². The average Bonchev–Trinajstić information content (AvgIpc) is 3.55. The van der Waals surface area contributed by atoms with Gasteiger partial charge in [0.2, 0.25) is 11.8 Å². The van der Waals surface area contributed by atoms with E-state index in [2.05, 4.69) is 10.3 Å². The number of oxazole rings is 1. The molecule has 0 bridgehead atoms. The summed E-state index contributed by atoms with van der Waals surface area (Å²) in [6.07, 6.45) is 5.13. The van der Waals surface area contributed by atoms with E-state index in [-0.39, 0.29) is 41.4 Å². The number of esters is 1. The fourth-order valence-electron chi connectivity index (χ4n) is 3.90. The number of nitrogens with one attached hydrogen (secondary N) is 1. The van der Waals surface area contributed by atoms with E-state index in [9.17, 15) is 14.0 Å². The van der Waals surface area contributed by atoms with Gasteiger partial charge in [-0.05, 0) is 37.1 Å². The second-order valence-electron chi connectivity index (χ2n) is 7.92. The predicted octanol–water partition coefficient (Wildman–Crippen LogP) is 4.98. The van der Waals surface area contributed by atoms with E-state index in [0.29, 0.717) is 22.8 Å². The van der Waals surface area contributed by atoms with Crippen molar-refractivity contribution >= 4 is 17.6 Å². The Morgan fingerprint density at radius 1 is 1.09 bits per heavy atom. The summed E-state index contributed by atoms with van der Waals surface area (Å²) in [5.41, 5.74) is 1.04. The van der Waals surface area contributed by atoms with Gasteiger partial charge in [0, 0.05) is 23.6 Å². The molecule has 0 radical (unpaired) electrons. The summed E-state index contributed by atoms with van der Waals surface area (Å²) >= 11 is 0. The smallest absolute Gasteiger partial charge is 0.340 e. The Balaban J connectivity index is 1.51. The normalized spacial score (nSPS) is 13.5. The van der Waals surface area contributed by atoms with Gasteiger partial charge in [-0.15, -0.1) is 0 Å². The van der Waals surface area contributed by atoms with Gasteiger partial charge < -0.3 is 23.9 Å². The maximum atomic E-state index is 13.1. The number of carbonyl (C=O) groups excluding carboxylic acids is 2. The first kappa shape index (κ1) is 23.3. The van der Waals surface area contributed by atoms with Crippen LogP contribution in [0.4, 0.5) is 10.1 Å². The number of anilines is 1. The first-order chi connectivity index (χ1) is 16.5. The third kappa shape index (κ3) is 5.19. The number of halogens is 1. The quantitative estimate of drug-likeness (QED) is 0.465. The third-order valence-electron chi connectivity index (χ3n) is 5.74. The molecule has 1 heterocycles. The highest BCUT2D eigenvalue weighted by atomic mass is 19.1. The molecule has 1 amide bonds. The molecular weight excluding hydrogens is 443 g/mol. The molecule has 0 unspecified atom stereocenters. The molecule has 0 spiro atoms. The second kappa shape index (κ2) is 10.4. The van der Waals surface area contributed by atoms with E-state index in [1.165, 1.54) is 38.6 Å². The minimum absolute atomic E-state index is 0.0887. The number of nitrogens with zero attached hydrogens (tertiary/aromatic N) is 1. The Morgan fingerprint density at radius 2 is 1.76 bits per heavy atom. The van der Waals surface area contributed by atoms with Crippen molar-refractivity contribution in [2.24, 2.45) is 5.92 Å². The molecule has 3 aromatic rings. The standard InChI is InChI=1S/C25H25FN2O6/c1-31-20-11-18(19(12-21(20)32-2)28-24(29)16-5-3-4-6-16)25(30)33-14-23-27-13-22(34-23)15-7-9-17(26)10-8-15/h7-13,16H,3-6,14H2,1-2H3,(H,28,29). The summed E-state index contributed by atoms with van der Waals surface area (Å²) in [5.74, 6) is 0.00349. The van der Waals surface area contributed by atoms with Crippen LogP contribution in [-0.4, -0.2) is 31.1 Å². The van der Waals surface area contributed by atoms with Crippen LogP contribution in [-0.2, 0) is 16.1 Å². The van der Waals surface area contributed by atoms with Crippen molar-refractivity contribution in [3.05, 3.63) is 59.9 Å². The highest BCUT2D eigenvalue weighted by Gasteiger charge is 2.26. The van der Waals surface area contributed by atoms with Gasteiger partial charge >= 0.3 is 5.97 Å². The van der Waals surface area contributed by atoms with E-state index >= 15 is 0 Å². The largest absolute Gasteiger partial charge is 0.493 e. The Hall–Kier alpha value is -3.88. The van der Waals surface area contributed by atoms with Crippen molar-refractivity contribution in [3.63, 3.8) is 0 Å². The fraction of sp³-hybridized carbons (Fsp3) is 0.320. The van der Waals surface area contributed by atoms with Gasteiger partial charge in [0.15, 0.2) is 23.9 Å². The summed E-state index contributed by atoms with van der Waals surface area (Å²) in [5, 5.41) is 2.84. The summed E-state index contributed by atoms with van der Waals surface area (Å²) in [6, 6.07) is 8.76. The van der Waals surface area contributed by atoms with Gasteiger partial charge in [0.05, 0.1) is 31.7 Å². The third-order valence-corrected chi connectivity index (χ3v) is 5.74. The minimum atomic E-state index is -0.691. The van der Waals surface area contributed by atoms with Crippen LogP contribution in [0, 0.1) is 11.7 Å². The van der Waals surface area contributed by atoms with E-state index in [1.54, 1.807) is 18.2 Å². The number of amides is 1. The van der Waals surface area contributed by atoms with Gasteiger partial charge in [-0.1, -0.05) is 12.8 Å². The molecule has 1 aliphatic rings. The van der Waals surface area contributed by atoms with Gasteiger partial charge in [-0.25, -0.2) is 14.2 Å². The van der Waals surface area contributed by atoms with Crippen molar-refractivity contribution in [1.29, 1.82) is 0 Å². The summed E-state index contributed by atoms with van der Waals surface area (Å²) in [4.78, 5) is 29.8. The van der Waals surface area contributed by atoms with Gasteiger partial charge in [0.1, 0.15) is 5.82 Å². The Bertz CT molecular complexity index is 1170. The number of benzene rings is 2. The topological polar surface area (TPSA) is 99.9 Å². The zero-order chi connectivity index (χ0) is 24.1. The lowest BCUT2D eigenvalue weighted by atomic mass is 10.1. The molecule has 1 fully saturated rings. The van der Waals surface area contributed by atoms with E-state index in [0.717, 1.165) is 25.7 Å². The van der Waals surface area contributed by atoms with Crippen molar-refractivity contribution in [1.82, 2.24) is 4.98 Å². The van der Waals surface area contributed by atoms with Crippen LogP contribution in [0.25, 0.3) is 11.3 Å². The van der Waals surface area contributed by atoms with Crippen LogP contribution in [0.1, 0.15) is 41.9 Å². The Kier molecular flexibility index (Phi) is 7.10. The van der Waals surface area contributed by atoms with E-state index in [1.807, 2.05) is 0 Å². The van der Waals surface area contributed by atoms with Gasteiger partial charge in [-0.3, -0.25) is 4.79 Å². The number of ether oxygens (including phenoxy) is 3. The lowest BCUT2D eigenvalue weighted by Gasteiger charge is -2.16. The fourth-order valence-corrected chi connectivity index (χ4v) is 3.90. The molecule has 178 valence electrons. The summed E-state index contributed by atoms with van der Waals surface area (Å²) in [6.45, 7) is -0.232. The number of aromatic nitrogens is 1. The molecule has 2 aromatic carbocycles. The second-order valence-corrected chi connectivity index (χ2v) is 7.92. The highest BCUT2D eigenvalue weighted by Crippen LogP contribution is 2.35. The molecule has 1 saturated carbocycles. The zero-order valence-electron chi connectivity index (χ0n) is 18.9. The first-order valence-corrected chi connectivity index (χ1v) is 10.9. The van der Waals surface area contributed by atoms with Crippen LogP contribution in [0.2, 0.25) is 0 Å². The van der Waals surface area contributed by atoms with Crippen LogP contribution in [0.3, 0.4) is 0 Å².